The van der Waals surface area contributed by atoms with Gasteiger partial charge in [-0.25, -0.2) is 0 Å². The van der Waals surface area contributed by atoms with Gasteiger partial charge in [-0.2, -0.15) is 5.26 Å². The van der Waals surface area contributed by atoms with E-state index < -0.39 is 0 Å². The first-order valence-electron chi connectivity index (χ1n) is 4.69. The number of fused-ring (bicyclic) bond motifs is 1. The van der Waals surface area contributed by atoms with E-state index in [0.29, 0.717) is 16.2 Å². The second kappa shape index (κ2) is 3.95. The lowest BCUT2D eigenvalue weighted by Gasteiger charge is -2.03. The van der Waals surface area contributed by atoms with Crippen LogP contribution in [0.4, 0.5) is 0 Å². The van der Waals surface area contributed by atoms with E-state index in [1.165, 1.54) is 18.3 Å². The average Bonchev–Trinajstić information content (AvgIpc) is 2.70. The molecule has 0 aliphatic heterocycles. The highest BCUT2D eigenvalue weighted by molar-refractivity contribution is 7.20. The molecule has 1 aromatic carbocycles. The summed E-state index contributed by atoms with van der Waals surface area (Å²) in [5.41, 5.74) is 0.633. The smallest absolute Gasteiger partial charge is 0.160 e. The number of ketones is 1. The molecule has 0 bridgehead atoms. The third-order valence-electron chi connectivity index (χ3n) is 2.36. The molecule has 0 aliphatic rings. The van der Waals surface area contributed by atoms with Crippen molar-refractivity contribution in [2.45, 2.75) is 6.92 Å². The number of hydrogen-bond acceptors (Lipinski definition) is 4. The Balaban J connectivity index is 2.84. The van der Waals surface area contributed by atoms with Gasteiger partial charge in [-0.3, -0.25) is 4.79 Å². The van der Waals surface area contributed by atoms with E-state index >= 15 is 0 Å². The van der Waals surface area contributed by atoms with E-state index in [4.69, 9.17) is 10.00 Å². The van der Waals surface area contributed by atoms with Crippen molar-refractivity contribution in [1.82, 2.24) is 0 Å². The number of carbonyl (C=O) groups excluding carboxylic acids is 1. The van der Waals surface area contributed by atoms with Crippen molar-refractivity contribution in [1.29, 1.82) is 5.26 Å². The molecule has 0 N–H and O–H groups in total. The molecule has 0 amide bonds. The molecule has 3 nitrogen and oxygen atoms in total. The molecule has 0 unspecified atom stereocenters. The third-order valence-corrected chi connectivity index (χ3v) is 3.41. The van der Waals surface area contributed by atoms with Crippen LogP contribution in [0.25, 0.3) is 10.1 Å². The van der Waals surface area contributed by atoms with Gasteiger partial charge in [-0.05, 0) is 25.1 Å². The molecule has 0 aliphatic carbocycles. The Kier molecular flexibility index (Phi) is 2.63. The van der Waals surface area contributed by atoms with Crippen LogP contribution >= 0.6 is 11.3 Å². The van der Waals surface area contributed by atoms with Crippen LogP contribution in [0, 0.1) is 11.3 Å². The monoisotopic (exact) mass is 231 g/mol. The Morgan fingerprint density at radius 1 is 1.50 bits per heavy atom. The zero-order valence-corrected chi connectivity index (χ0v) is 9.72. The second-order valence-electron chi connectivity index (χ2n) is 3.34. The third kappa shape index (κ3) is 1.55. The van der Waals surface area contributed by atoms with Gasteiger partial charge in [0.25, 0.3) is 0 Å². The predicted molar refractivity (Wildman–Crippen MR) is 63.1 cm³/mol. The van der Waals surface area contributed by atoms with Gasteiger partial charge in [0.2, 0.25) is 0 Å². The van der Waals surface area contributed by atoms with Crippen LogP contribution < -0.4 is 4.74 Å². The first kappa shape index (κ1) is 10.7. The molecular weight excluding hydrogens is 222 g/mol. The molecule has 2 aromatic rings. The SMILES string of the molecule is COc1ccc(C(C)=O)c2cc(C#N)sc12. The highest BCUT2D eigenvalue weighted by atomic mass is 32.1. The highest BCUT2D eigenvalue weighted by Crippen LogP contribution is 2.35. The number of ether oxygens (including phenoxy) is 1. The average molecular weight is 231 g/mol. The molecule has 80 valence electrons. The van der Waals surface area contributed by atoms with Crippen LogP contribution in [0.2, 0.25) is 0 Å². The Morgan fingerprint density at radius 3 is 2.81 bits per heavy atom. The maximum Gasteiger partial charge on any atom is 0.160 e. The lowest BCUT2D eigenvalue weighted by Crippen LogP contribution is -1.93. The normalized spacial score (nSPS) is 10.1. The highest BCUT2D eigenvalue weighted by Gasteiger charge is 2.13. The van der Waals surface area contributed by atoms with E-state index in [1.54, 1.807) is 25.3 Å². The van der Waals surface area contributed by atoms with Crippen molar-refractivity contribution in [2.24, 2.45) is 0 Å². The minimum Gasteiger partial charge on any atom is -0.495 e. The Bertz CT molecular complexity index is 607. The molecule has 4 heteroatoms. The van der Waals surface area contributed by atoms with Crippen LogP contribution in [-0.2, 0) is 0 Å². The predicted octanol–water partition coefficient (Wildman–Crippen LogP) is 2.98. The number of nitrogens with zero attached hydrogens (tertiary/aromatic N) is 1. The summed E-state index contributed by atoms with van der Waals surface area (Å²) in [5, 5.41) is 9.67. The number of rotatable bonds is 2. The maximum absolute atomic E-state index is 11.4. The van der Waals surface area contributed by atoms with Crippen molar-refractivity contribution in [3.8, 4) is 11.8 Å². The topological polar surface area (TPSA) is 50.1 Å². The van der Waals surface area contributed by atoms with Gasteiger partial charge in [-0.15, -0.1) is 11.3 Å². The van der Waals surface area contributed by atoms with Gasteiger partial charge in [0.15, 0.2) is 5.78 Å². The Hall–Kier alpha value is -1.86. The summed E-state index contributed by atoms with van der Waals surface area (Å²) < 4.78 is 6.06. The lowest BCUT2D eigenvalue weighted by molar-refractivity contribution is 0.101. The number of nitriles is 1. The molecule has 16 heavy (non-hydrogen) atoms. The molecule has 2 rings (SSSR count). The van der Waals surface area contributed by atoms with Gasteiger partial charge in [0.1, 0.15) is 16.7 Å². The number of carbonyl (C=O) groups is 1. The number of Topliss-reactive ketones (excluding diaryl/α,β-unsaturated/α-hetero) is 1. The van der Waals surface area contributed by atoms with E-state index in [1.807, 2.05) is 0 Å². The second-order valence-corrected chi connectivity index (χ2v) is 4.39. The molecule has 0 radical (unpaired) electrons. The van der Waals surface area contributed by atoms with E-state index in [0.717, 1.165) is 10.1 Å². The van der Waals surface area contributed by atoms with Crippen molar-refractivity contribution in [3.63, 3.8) is 0 Å². The van der Waals surface area contributed by atoms with Crippen LogP contribution in [0.5, 0.6) is 5.75 Å². The van der Waals surface area contributed by atoms with Crippen LogP contribution in [0.15, 0.2) is 18.2 Å². The molecule has 1 aromatic heterocycles. The van der Waals surface area contributed by atoms with Gasteiger partial charge >= 0.3 is 0 Å². The standard InChI is InChI=1S/C12H9NO2S/c1-7(14)9-3-4-11(15-2)12-10(9)5-8(6-13)16-12/h3-5H,1-2H3. The molecule has 0 fully saturated rings. The van der Waals surface area contributed by atoms with Crippen molar-refractivity contribution in [3.05, 3.63) is 28.6 Å². The summed E-state index contributed by atoms with van der Waals surface area (Å²) in [5.74, 6) is 0.696. The van der Waals surface area contributed by atoms with E-state index in [-0.39, 0.29) is 5.78 Å². The number of benzene rings is 1. The van der Waals surface area contributed by atoms with Crippen molar-refractivity contribution < 1.29 is 9.53 Å². The fourth-order valence-corrected chi connectivity index (χ4v) is 2.59. The summed E-state index contributed by atoms with van der Waals surface area (Å²) >= 11 is 1.34. The van der Waals surface area contributed by atoms with Gasteiger partial charge in [0, 0.05) is 10.9 Å². The molecule has 0 saturated heterocycles. The minimum atomic E-state index is -0.00468. The van der Waals surface area contributed by atoms with Gasteiger partial charge in [0.05, 0.1) is 11.8 Å². The van der Waals surface area contributed by atoms with Gasteiger partial charge in [-0.1, -0.05) is 0 Å². The number of hydrogen-bond donors (Lipinski definition) is 0. The largest absolute Gasteiger partial charge is 0.495 e. The lowest BCUT2D eigenvalue weighted by atomic mass is 10.1. The fraction of sp³-hybridized carbons (Fsp3) is 0.167. The first-order valence-corrected chi connectivity index (χ1v) is 5.50. The number of methoxy groups -OCH3 is 1. The minimum absolute atomic E-state index is 0.00468. The van der Waals surface area contributed by atoms with Crippen molar-refractivity contribution >= 4 is 27.2 Å². The summed E-state index contributed by atoms with van der Waals surface area (Å²) in [6, 6.07) is 7.32. The Labute approximate surface area is 96.9 Å². The summed E-state index contributed by atoms with van der Waals surface area (Å²) in [6.45, 7) is 1.52. The zero-order chi connectivity index (χ0) is 11.7. The molecule has 0 saturated carbocycles. The summed E-state index contributed by atoms with van der Waals surface area (Å²) in [4.78, 5) is 12.0. The molecular formula is C12H9NO2S. The van der Waals surface area contributed by atoms with Crippen LogP contribution in [-0.4, -0.2) is 12.9 Å². The molecule has 0 atom stereocenters. The van der Waals surface area contributed by atoms with Gasteiger partial charge < -0.3 is 4.74 Å². The molecule has 1 heterocycles. The summed E-state index contributed by atoms with van der Waals surface area (Å²) in [6.07, 6.45) is 0. The quantitative estimate of drug-likeness (QED) is 0.746. The Morgan fingerprint density at radius 2 is 2.25 bits per heavy atom. The number of thiophene rings is 1. The zero-order valence-electron chi connectivity index (χ0n) is 8.90. The summed E-state index contributed by atoms with van der Waals surface area (Å²) in [7, 11) is 1.58. The van der Waals surface area contributed by atoms with Crippen molar-refractivity contribution in [2.75, 3.05) is 7.11 Å². The van der Waals surface area contributed by atoms with E-state index in [9.17, 15) is 4.79 Å². The van der Waals surface area contributed by atoms with Crippen LogP contribution in [0.1, 0.15) is 22.2 Å². The van der Waals surface area contributed by atoms with E-state index in [2.05, 4.69) is 6.07 Å². The van der Waals surface area contributed by atoms with Crippen LogP contribution in [0.3, 0.4) is 0 Å². The molecule has 0 spiro atoms. The first-order chi connectivity index (χ1) is 7.67. The maximum atomic E-state index is 11.4. The fourth-order valence-electron chi connectivity index (χ4n) is 1.62.